The van der Waals surface area contributed by atoms with Gasteiger partial charge in [-0.2, -0.15) is 4.31 Å². The third-order valence-corrected chi connectivity index (χ3v) is 5.15. The number of nitrogens with zero attached hydrogens (tertiary/aromatic N) is 2. The van der Waals surface area contributed by atoms with Crippen molar-refractivity contribution in [2.75, 3.05) is 6.54 Å². The van der Waals surface area contributed by atoms with Gasteiger partial charge in [0.1, 0.15) is 0 Å². The van der Waals surface area contributed by atoms with Crippen LogP contribution in [-0.4, -0.2) is 30.2 Å². The molecule has 1 aromatic rings. The standard InChI is InChI=1S/C12H15BrN2O4S/c1-4-7-14(9(2)3)20(18,19)12-8-10(13)5-6-11(12)15(16)17/h4-6,8-9H,1,7H2,2-3H3. The summed E-state index contributed by atoms with van der Waals surface area (Å²) in [5.74, 6) is 0. The molecule has 110 valence electrons. The van der Waals surface area contributed by atoms with Crippen LogP contribution in [0.25, 0.3) is 0 Å². The first-order valence-corrected chi connectivity index (χ1v) is 8.01. The summed E-state index contributed by atoms with van der Waals surface area (Å²) in [6.07, 6.45) is 1.45. The van der Waals surface area contributed by atoms with Gasteiger partial charge in [0, 0.05) is 23.1 Å². The lowest BCUT2D eigenvalue weighted by Crippen LogP contribution is -2.37. The number of rotatable bonds is 6. The molecule has 1 aromatic carbocycles. The maximum absolute atomic E-state index is 12.6. The average Bonchev–Trinajstić information content (AvgIpc) is 2.34. The average molecular weight is 363 g/mol. The first kappa shape index (κ1) is 16.8. The van der Waals surface area contributed by atoms with Crippen LogP contribution in [0.3, 0.4) is 0 Å². The van der Waals surface area contributed by atoms with Gasteiger partial charge in [-0.15, -0.1) is 6.58 Å². The summed E-state index contributed by atoms with van der Waals surface area (Å²) >= 11 is 3.14. The predicted octanol–water partition coefficient (Wildman–Crippen LogP) is 2.94. The largest absolute Gasteiger partial charge is 0.289 e. The second kappa shape index (κ2) is 6.47. The van der Waals surface area contributed by atoms with Crippen molar-refractivity contribution in [3.05, 3.63) is 45.4 Å². The third kappa shape index (κ3) is 3.44. The minimum Gasteiger partial charge on any atom is -0.258 e. The summed E-state index contributed by atoms with van der Waals surface area (Å²) in [6, 6.07) is 3.51. The number of nitro groups is 1. The summed E-state index contributed by atoms with van der Waals surface area (Å²) in [5, 5.41) is 11.0. The highest BCUT2D eigenvalue weighted by Gasteiger charge is 2.32. The molecule has 0 atom stereocenters. The Morgan fingerprint density at radius 2 is 2.10 bits per heavy atom. The van der Waals surface area contributed by atoms with E-state index in [1.54, 1.807) is 13.8 Å². The summed E-state index contributed by atoms with van der Waals surface area (Å²) in [7, 11) is -3.97. The minimum absolute atomic E-state index is 0.0870. The van der Waals surface area contributed by atoms with Crippen molar-refractivity contribution in [2.24, 2.45) is 0 Å². The SMILES string of the molecule is C=CCN(C(C)C)S(=O)(=O)c1cc(Br)ccc1[N+](=O)[O-]. The molecule has 0 amide bonds. The van der Waals surface area contributed by atoms with Gasteiger partial charge in [0.15, 0.2) is 4.90 Å². The molecule has 0 heterocycles. The van der Waals surface area contributed by atoms with Gasteiger partial charge in [0.25, 0.3) is 5.69 Å². The Balaban J connectivity index is 3.51. The molecule has 0 radical (unpaired) electrons. The second-order valence-electron chi connectivity index (χ2n) is 4.33. The maximum atomic E-state index is 12.6. The van der Waals surface area contributed by atoms with E-state index < -0.39 is 20.6 Å². The normalized spacial score (nSPS) is 11.8. The Bertz CT molecular complexity index is 628. The van der Waals surface area contributed by atoms with Crippen molar-refractivity contribution in [3.63, 3.8) is 0 Å². The van der Waals surface area contributed by atoms with E-state index in [0.29, 0.717) is 4.47 Å². The number of hydrogen-bond acceptors (Lipinski definition) is 4. The molecule has 0 aliphatic rings. The van der Waals surface area contributed by atoms with Crippen LogP contribution in [-0.2, 0) is 10.0 Å². The summed E-state index contributed by atoms with van der Waals surface area (Å²) in [4.78, 5) is 9.99. The van der Waals surface area contributed by atoms with Crippen molar-refractivity contribution in [2.45, 2.75) is 24.8 Å². The Hall–Kier alpha value is -1.25. The van der Waals surface area contributed by atoms with Crippen LogP contribution in [0.15, 0.2) is 40.2 Å². The summed E-state index contributed by atoms with van der Waals surface area (Å²) in [5.41, 5.74) is -0.442. The molecule has 0 aliphatic carbocycles. The first-order chi connectivity index (χ1) is 9.21. The van der Waals surface area contributed by atoms with Crippen LogP contribution >= 0.6 is 15.9 Å². The van der Waals surface area contributed by atoms with Crippen LogP contribution in [0.5, 0.6) is 0 Å². The van der Waals surface area contributed by atoms with E-state index in [-0.39, 0.29) is 17.5 Å². The molecule has 6 nitrogen and oxygen atoms in total. The highest BCUT2D eigenvalue weighted by atomic mass is 79.9. The van der Waals surface area contributed by atoms with Gasteiger partial charge in [0.2, 0.25) is 10.0 Å². The molecular formula is C12H15BrN2O4S. The maximum Gasteiger partial charge on any atom is 0.289 e. The Morgan fingerprint density at radius 3 is 2.55 bits per heavy atom. The van der Waals surface area contributed by atoms with Crippen LogP contribution in [0, 0.1) is 10.1 Å². The lowest BCUT2D eigenvalue weighted by atomic mass is 10.3. The zero-order valence-electron chi connectivity index (χ0n) is 11.1. The van der Waals surface area contributed by atoms with E-state index in [1.165, 1.54) is 24.3 Å². The van der Waals surface area contributed by atoms with Crippen LogP contribution in [0.2, 0.25) is 0 Å². The molecule has 0 aromatic heterocycles. The fraction of sp³-hybridized carbons (Fsp3) is 0.333. The number of benzene rings is 1. The Morgan fingerprint density at radius 1 is 1.50 bits per heavy atom. The molecular weight excluding hydrogens is 348 g/mol. The van der Waals surface area contributed by atoms with Crippen molar-refractivity contribution in [1.29, 1.82) is 0 Å². The van der Waals surface area contributed by atoms with Gasteiger partial charge >= 0.3 is 0 Å². The molecule has 0 N–H and O–H groups in total. The molecule has 0 saturated carbocycles. The van der Waals surface area contributed by atoms with Gasteiger partial charge in [-0.1, -0.05) is 22.0 Å². The van der Waals surface area contributed by atoms with Gasteiger partial charge in [-0.05, 0) is 26.0 Å². The van der Waals surface area contributed by atoms with Crippen molar-refractivity contribution >= 4 is 31.6 Å². The Labute approximate surface area is 126 Å². The molecule has 0 saturated heterocycles. The quantitative estimate of drug-likeness (QED) is 0.442. The highest BCUT2D eigenvalue weighted by molar-refractivity contribution is 9.10. The van der Waals surface area contributed by atoms with Gasteiger partial charge in [0.05, 0.1) is 4.92 Å². The van der Waals surface area contributed by atoms with Crippen molar-refractivity contribution in [1.82, 2.24) is 4.31 Å². The monoisotopic (exact) mass is 362 g/mol. The molecule has 1 rings (SSSR count). The zero-order valence-corrected chi connectivity index (χ0v) is 13.5. The van der Waals surface area contributed by atoms with Gasteiger partial charge in [-0.25, -0.2) is 8.42 Å². The van der Waals surface area contributed by atoms with E-state index in [1.807, 2.05) is 0 Å². The molecule has 0 spiro atoms. The number of nitro benzene ring substituents is 1. The van der Waals surface area contributed by atoms with E-state index in [2.05, 4.69) is 22.5 Å². The number of sulfonamides is 1. The first-order valence-electron chi connectivity index (χ1n) is 5.78. The molecule has 0 bridgehead atoms. The van der Waals surface area contributed by atoms with Gasteiger partial charge < -0.3 is 0 Å². The van der Waals surface area contributed by atoms with Crippen molar-refractivity contribution in [3.8, 4) is 0 Å². The second-order valence-corrected chi connectivity index (χ2v) is 7.10. The molecule has 8 heteroatoms. The molecule has 0 aliphatic heterocycles. The predicted molar refractivity (Wildman–Crippen MR) is 80.0 cm³/mol. The van der Waals surface area contributed by atoms with E-state index >= 15 is 0 Å². The van der Waals surface area contributed by atoms with Gasteiger partial charge in [-0.3, -0.25) is 10.1 Å². The number of hydrogen-bond donors (Lipinski definition) is 0. The molecule has 0 fully saturated rings. The highest BCUT2D eigenvalue weighted by Crippen LogP contribution is 2.30. The third-order valence-electron chi connectivity index (χ3n) is 2.59. The van der Waals surface area contributed by atoms with Crippen LogP contribution in [0.4, 0.5) is 5.69 Å². The topological polar surface area (TPSA) is 80.5 Å². The van der Waals surface area contributed by atoms with E-state index in [0.717, 1.165) is 4.31 Å². The van der Waals surface area contributed by atoms with E-state index in [4.69, 9.17) is 0 Å². The Kier molecular flexibility index (Phi) is 5.43. The fourth-order valence-electron chi connectivity index (χ4n) is 1.69. The van der Waals surface area contributed by atoms with Crippen molar-refractivity contribution < 1.29 is 13.3 Å². The lowest BCUT2D eigenvalue weighted by molar-refractivity contribution is -0.387. The smallest absolute Gasteiger partial charge is 0.258 e. The van der Waals surface area contributed by atoms with Crippen LogP contribution in [0.1, 0.15) is 13.8 Å². The molecule has 0 unspecified atom stereocenters. The summed E-state index contributed by atoms with van der Waals surface area (Å²) < 4.78 is 26.8. The molecule has 20 heavy (non-hydrogen) atoms. The minimum atomic E-state index is -3.97. The lowest BCUT2D eigenvalue weighted by Gasteiger charge is -2.24. The van der Waals surface area contributed by atoms with Crippen LogP contribution < -0.4 is 0 Å². The summed E-state index contributed by atoms with van der Waals surface area (Å²) in [6.45, 7) is 7.00. The number of halogens is 1. The zero-order chi connectivity index (χ0) is 15.5. The van der Waals surface area contributed by atoms with E-state index in [9.17, 15) is 18.5 Å². The fourth-order valence-corrected chi connectivity index (χ4v) is 3.99.